The highest BCUT2D eigenvalue weighted by molar-refractivity contribution is 5.89. The van der Waals surface area contributed by atoms with Crippen molar-refractivity contribution < 1.29 is 9.59 Å². The fourth-order valence-electron chi connectivity index (χ4n) is 3.30. The van der Waals surface area contributed by atoms with Crippen molar-refractivity contribution in [3.63, 3.8) is 0 Å². The first-order valence-electron chi connectivity index (χ1n) is 8.20. The summed E-state index contributed by atoms with van der Waals surface area (Å²) in [6.45, 7) is 6.33. The lowest BCUT2D eigenvalue weighted by Crippen LogP contribution is -2.49. The van der Waals surface area contributed by atoms with Crippen LogP contribution in [0.5, 0.6) is 0 Å². The molecule has 4 nitrogen and oxygen atoms in total. The van der Waals surface area contributed by atoms with Crippen molar-refractivity contribution in [1.29, 1.82) is 0 Å². The van der Waals surface area contributed by atoms with Gasteiger partial charge in [-0.25, -0.2) is 0 Å². The largest absolute Gasteiger partial charge is 0.341 e. The van der Waals surface area contributed by atoms with Crippen LogP contribution in [0.1, 0.15) is 58.8 Å². The van der Waals surface area contributed by atoms with Gasteiger partial charge in [-0.05, 0) is 25.7 Å². The molecule has 2 amide bonds. The summed E-state index contributed by atoms with van der Waals surface area (Å²) in [6.07, 6.45) is 7.76. The molecule has 1 atom stereocenters. The van der Waals surface area contributed by atoms with Gasteiger partial charge in [0.1, 0.15) is 6.04 Å². The van der Waals surface area contributed by atoms with Crippen molar-refractivity contribution in [3.05, 3.63) is 0 Å². The Morgan fingerprint density at radius 2 is 1.50 bits per heavy atom. The molecule has 4 heteroatoms. The molecule has 0 N–H and O–H groups in total. The van der Waals surface area contributed by atoms with Gasteiger partial charge < -0.3 is 9.80 Å². The first-order valence-corrected chi connectivity index (χ1v) is 8.20. The van der Waals surface area contributed by atoms with E-state index in [1.807, 2.05) is 23.6 Å². The van der Waals surface area contributed by atoms with Crippen molar-refractivity contribution in [3.8, 4) is 0 Å². The molecule has 20 heavy (non-hydrogen) atoms. The molecule has 0 aliphatic carbocycles. The Morgan fingerprint density at radius 1 is 0.900 bits per heavy atom. The van der Waals surface area contributed by atoms with Crippen LogP contribution >= 0.6 is 0 Å². The third-order valence-electron chi connectivity index (χ3n) is 4.48. The van der Waals surface area contributed by atoms with Gasteiger partial charge in [0.05, 0.1) is 0 Å². The number of carbonyl (C=O) groups excluding carboxylic acids is 2. The standard InChI is InChI=1S/C16H28N2O2/c1-13(2)15(19)18-12-8-9-14(18)16(20)17-10-6-4-3-5-7-11-17/h13-14H,3-12H2,1-2H3. The van der Waals surface area contributed by atoms with Crippen LogP contribution in [0, 0.1) is 5.92 Å². The summed E-state index contributed by atoms with van der Waals surface area (Å²) in [5, 5.41) is 0. The molecule has 0 spiro atoms. The Morgan fingerprint density at radius 3 is 2.10 bits per heavy atom. The maximum Gasteiger partial charge on any atom is 0.245 e. The molecule has 0 saturated carbocycles. The number of rotatable bonds is 2. The lowest BCUT2D eigenvalue weighted by Gasteiger charge is -2.32. The first kappa shape index (κ1) is 15.3. The minimum atomic E-state index is -0.190. The van der Waals surface area contributed by atoms with Gasteiger partial charge in [-0.3, -0.25) is 9.59 Å². The van der Waals surface area contributed by atoms with Crippen LogP contribution < -0.4 is 0 Å². The Balaban J connectivity index is 2.00. The maximum absolute atomic E-state index is 12.7. The second-order valence-electron chi connectivity index (χ2n) is 6.44. The Kier molecular flexibility index (Phi) is 5.44. The van der Waals surface area contributed by atoms with Crippen molar-refractivity contribution in [2.75, 3.05) is 19.6 Å². The normalized spacial score (nSPS) is 24.6. The second kappa shape index (κ2) is 7.09. The molecule has 114 valence electrons. The molecule has 2 aliphatic rings. The molecule has 1 unspecified atom stereocenters. The Bertz CT molecular complexity index is 346. The monoisotopic (exact) mass is 280 g/mol. The van der Waals surface area contributed by atoms with Crippen molar-refractivity contribution >= 4 is 11.8 Å². The fourth-order valence-corrected chi connectivity index (χ4v) is 3.30. The molecule has 2 heterocycles. The molecule has 2 fully saturated rings. The minimum absolute atomic E-state index is 0.0178. The third-order valence-corrected chi connectivity index (χ3v) is 4.48. The zero-order chi connectivity index (χ0) is 14.5. The highest BCUT2D eigenvalue weighted by Gasteiger charge is 2.36. The van der Waals surface area contributed by atoms with Crippen molar-refractivity contribution in [2.45, 2.75) is 64.8 Å². The zero-order valence-electron chi connectivity index (χ0n) is 12.9. The Labute approximate surface area is 122 Å². The average Bonchev–Trinajstić information content (AvgIpc) is 2.85. The van der Waals surface area contributed by atoms with Gasteiger partial charge in [-0.15, -0.1) is 0 Å². The number of carbonyl (C=O) groups is 2. The van der Waals surface area contributed by atoms with E-state index in [2.05, 4.69) is 0 Å². The predicted molar refractivity (Wildman–Crippen MR) is 79.2 cm³/mol. The fraction of sp³-hybridized carbons (Fsp3) is 0.875. The average molecular weight is 280 g/mol. The van der Waals surface area contributed by atoms with E-state index in [9.17, 15) is 9.59 Å². The molecule has 0 radical (unpaired) electrons. The summed E-state index contributed by atoms with van der Waals surface area (Å²) < 4.78 is 0. The third kappa shape index (κ3) is 3.53. The highest BCUT2D eigenvalue weighted by Crippen LogP contribution is 2.23. The van der Waals surface area contributed by atoms with E-state index >= 15 is 0 Å². The summed E-state index contributed by atoms with van der Waals surface area (Å²) >= 11 is 0. The van der Waals surface area contributed by atoms with Crippen LogP contribution in [0.4, 0.5) is 0 Å². The zero-order valence-corrected chi connectivity index (χ0v) is 12.9. The first-order chi connectivity index (χ1) is 9.61. The lowest BCUT2D eigenvalue weighted by atomic mass is 10.1. The summed E-state index contributed by atoms with van der Waals surface area (Å²) in [6, 6.07) is -0.190. The van der Waals surface area contributed by atoms with Gasteiger partial charge in [-0.1, -0.05) is 33.1 Å². The predicted octanol–water partition coefficient (Wildman–Crippen LogP) is 2.43. The molecule has 0 aromatic carbocycles. The molecule has 0 bridgehead atoms. The van der Waals surface area contributed by atoms with Gasteiger partial charge in [-0.2, -0.15) is 0 Å². The quantitative estimate of drug-likeness (QED) is 0.779. The highest BCUT2D eigenvalue weighted by atomic mass is 16.2. The number of nitrogens with zero attached hydrogens (tertiary/aromatic N) is 2. The van der Waals surface area contributed by atoms with Gasteiger partial charge in [0.2, 0.25) is 11.8 Å². The number of hydrogen-bond acceptors (Lipinski definition) is 2. The van der Waals surface area contributed by atoms with Gasteiger partial charge >= 0.3 is 0 Å². The molecule has 0 aromatic heterocycles. The van der Waals surface area contributed by atoms with Crippen LogP contribution in [0.3, 0.4) is 0 Å². The van der Waals surface area contributed by atoms with E-state index in [0.29, 0.717) is 0 Å². The SMILES string of the molecule is CC(C)C(=O)N1CCCC1C(=O)N1CCCCCCC1. The molecule has 2 aliphatic heterocycles. The van der Waals surface area contributed by atoms with Crippen LogP contribution in [0.2, 0.25) is 0 Å². The van der Waals surface area contributed by atoms with Crippen LogP contribution in [-0.4, -0.2) is 47.3 Å². The Hall–Kier alpha value is -1.06. The van der Waals surface area contributed by atoms with Crippen LogP contribution in [0.25, 0.3) is 0 Å². The van der Waals surface area contributed by atoms with Crippen molar-refractivity contribution in [2.24, 2.45) is 5.92 Å². The second-order valence-corrected chi connectivity index (χ2v) is 6.44. The summed E-state index contributed by atoms with van der Waals surface area (Å²) in [5.74, 6) is 0.307. The lowest BCUT2D eigenvalue weighted by molar-refractivity contribution is -0.145. The van der Waals surface area contributed by atoms with Gasteiger partial charge in [0, 0.05) is 25.6 Å². The number of amides is 2. The van der Waals surface area contributed by atoms with Gasteiger partial charge in [0.25, 0.3) is 0 Å². The van der Waals surface area contributed by atoms with Crippen LogP contribution in [0.15, 0.2) is 0 Å². The van der Waals surface area contributed by atoms with Gasteiger partial charge in [0.15, 0.2) is 0 Å². The molecule has 2 saturated heterocycles. The van der Waals surface area contributed by atoms with E-state index in [-0.39, 0.29) is 23.8 Å². The van der Waals surface area contributed by atoms with E-state index in [4.69, 9.17) is 0 Å². The van der Waals surface area contributed by atoms with E-state index in [1.165, 1.54) is 19.3 Å². The summed E-state index contributed by atoms with van der Waals surface area (Å²) in [4.78, 5) is 28.8. The van der Waals surface area contributed by atoms with E-state index in [1.54, 1.807) is 0 Å². The minimum Gasteiger partial charge on any atom is -0.341 e. The van der Waals surface area contributed by atoms with E-state index < -0.39 is 0 Å². The smallest absolute Gasteiger partial charge is 0.245 e. The molecule has 0 aromatic rings. The van der Waals surface area contributed by atoms with Crippen LogP contribution in [-0.2, 0) is 9.59 Å². The van der Waals surface area contributed by atoms with E-state index in [0.717, 1.165) is 45.3 Å². The summed E-state index contributed by atoms with van der Waals surface area (Å²) in [5.41, 5.74) is 0. The summed E-state index contributed by atoms with van der Waals surface area (Å²) in [7, 11) is 0. The number of likely N-dealkylation sites (tertiary alicyclic amines) is 2. The van der Waals surface area contributed by atoms with Crippen molar-refractivity contribution in [1.82, 2.24) is 9.80 Å². The molecular formula is C16H28N2O2. The number of hydrogen-bond donors (Lipinski definition) is 0. The topological polar surface area (TPSA) is 40.6 Å². The molecular weight excluding hydrogens is 252 g/mol. The molecule has 2 rings (SSSR count). The maximum atomic E-state index is 12.7.